The molecule has 0 amide bonds. The van der Waals surface area contributed by atoms with Gasteiger partial charge in [0.05, 0.1) is 12.8 Å². The van der Waals surface area contributed by atoms with E-state index in [0.29, 0.717) is 6.04 Å². The Morgan fingerprint density at radius 1 is 1.69 bits per heavy atom. The summed E-state index contributed by atoms with van der Waals surface area (Å²) in [5.74, 6) is 0. The Balaban J connectivity index is 2.12. The fourth-order valence-electron chi connectivity index (χ4n) is 2.46. The van der Waals surface area contributed by atoms with Crippen molar-refractivity contribution >= 4 is 0 Å². The normalized spacial score (nSPS) is 21.8. The van der Waals surface area contributed by atoms with Gasteiger partial charge in [-0.1, -0.05) is 6.92 Å². The second-order valence-electron chi connectivity index (χ2n) is 4.57. The lowest BCUT2D eigenvalue weighted by molar-refractivity contribution is 0.223. The van der Waals surface area contributed by atoms with Crippen molar-refractivity contribution in [2.24, 2.45) is 7.05 Å². The van der Waals surface area contributed by atoms with Crippen molar-refractivity contribution in [1.82, 2.24) is 15.1 Å². The third-order valence-corrected chi connectivity index (χ3v) is 3.53. The van der Waals surface area contributed by atoms with Crippen molar-refractivity contribution in [2.75, 3.05) is 6.61 Å². The van der Waals surface area contributed by atoms with E-state index in [1.165, 1.54) is 17.7 Å². The lowest BCUT2D eigenvalue weighted by atomic mass is 9.92. The summed E-state index contributed by atoms with van der Waals surface area (Å²) < 4.78 is 1.98. The lowest BCUT2D eigenvalue weighted by Gasteiger charge is -2.27. The molecule has 0 saturated carbocycles. The third kappa shape index (κ3) is 2.13. The Hall–Kier alpha value is -0.870. The third-order valence-electron chi connectivity index (χ3n) is 3.53. The van der Waals surface area contributed by atoms with Gasteiger partial charge in [0, 0.05) is 30.4 Å². The molecule has 4 nitrogen and oxygen atoms in total. The first kappa shape index (κ1) is 11.6. The van der Waals surface area contributed by atoms with Crippen LogP contribution in [0.1, 0.15) is 43.5 Å². The summed E-state index contributed by atoms with van der Waals surface area (Å²) in [5.41, 5.74) is 2.66. The number of nitrogens with zero attached hydrogens (tertiary/aromatic N) is 2. The minimum Gasteiger partial charge on any atom is -0.395 e. The number of hydrogen-bond donors (Lipinski definition) is 2. The Bertz CT molecular complexity index is 344. The number of aliphatic hydroxyl groups excluding tert-OH is 1. The van der Waals surface area contributed by atoms with E-state index in [0.717, 1.165) is 19.3 Å². The van der Waals surface area contributed by atoms with Gasteiger partial charge in [0.2, 0.25) is 0 Å². The van der Waals surface area contributed by atoms with E-state index in [1.54, 1.807) is 0 Å². The van der Waals surface area contributed by atoms with Gasteiger partial charge >= 0.3 is 0 Å². The maximum absolute atomic E-state index is 9.23. The molecule has 0 aromatic carbocycles. The standard InChI is InChI=1S/C12H21N3O/c1-3-9(8-16)14-11-5-4-6-12-10(11)7-13-15(12)2/h7,9,11,14,16H,3-6,8H2,1-2H3. The average Bonchev–Trinajstić information content (AvgIpc) is 2.69. The quantitative estimate of drug-likeness (QED) is 0.805. The molecule has 1 aromatic heterocycles. The lowest BCUT2D eigenvalue weighted by Crippen LogP contribution is -2.36. The van der Waals surface area contributed by atoms with Crippen LogP contribution in [0.3, 0.4) is 0 Å². The van der Waals surface area contributed by atoms with Gasteiger partial charge in [0.1, 0.15) is 0 Å². The molecule has 90 valence electrons. The van der Waals surface area contributed by atoms with Crippen LogP contribution in [0.5, 0.6) is 0 Å². The van der Waals surface area contributed by atoms with Gasteiger partial charge in [-0.2, -0.15) is 5.10 Å². The van der Waals surface area contributed by atoms with E-state index in [4.69, 9.17) is 0 Å². The smallest absolute Gasteiger partial charge is 0.0584 e. The monoisotopic (exact) mass is 223 g/mol. The summed E-state index contributed by atoms with van der Waals surface area (Å²) in [6.45, 7) is 2.31. The summed E-state index contributed by atoms with van der Waals surface area (Å²) in [6, 6.07) is 0.575. The first-order valence-corrected chi connectivity index (χ1v) is 6.14. The second kappa shape index (κ2) is 4.97. The van der Waals surface area contributed by atoms with Crippen LogP contribution >= 0.6 is 0 Å². The largest absolute Gasteiger partial charge is 0.395 e. The van der Waals surface area contributed by atoms with Crippen LogP contribution in [0.25, 0.3) is 0 Å². The summed E-state index contributed by atoms with van der Waals surface area (Å²) in [4.78, 5) is 0. The second-order valence-corrected chi connectivity index (χ2v) is 4.57. The van der Waals surface area contributed by atoms with Crippen LogP contribution in [-0.2, 0) is 13.5 Å². The minimum atomic E-state index is 0.205. The highest BCUT2D eigenvalue weighted by Gasteiger charge is 2.24. The van der Waals surface area contributed by atoms with Crippen molar-refractivity contribution in [3.8, 4) is 0 Å². The van der Waals surface area contributed by atoms with Gasteiger partial charge in [0.15, 0.2) is 0 Å². The molecule has 1 heterocycles. The van der Waals surface area contributed by atoms with Gasteiger partial charge in [0.25, 0.3) is 0 Å². The van der Waals surface area contributed by atoms with E-state index in [1.807, 2.05) is 17.9 Å². The van der Waals surface area contributed by atoms with E-state index >= 15 is 0 Å². The fourth-order valence-corrected chi connectivity index (χ4v) is 2.46. The Morgan fingerprint density at radius 3 is 3.19 bits per heavy atom. The van der Waals surface area contributed by atoms with Crippen LogP contribution < -0.4 is 5.32 Å². The number of rotatable bonds is 4. The van der Waals surface area contributed by atoms with Crippen molar-refractivity contribution in [3.05, 3.63) is 17.5 Å². The first-order valence-electron chi connectivity index (χ1n) is 6.14. The molecule has 2 rings (SSSR count). The van der Waals surface area contributed by atoms with E-state index in [2.05, 4.69) is 17.3 Å². The molecule has 0 spiro atoms. The molecular formula is C12H21N3O. The molecule has 0 saturated heterocycles. The van der Waals surface area contributed by atoms with Crippen molar-refractivity contribution in [1.29, 1.82) is 0 Å². The SMILES string of the molecule is CCC(CO)NC1CCCc2c1cnn2C. The molecule has 16 heavy (non-hydrogen) atoms. The van der Waals surface area contributed by atoms with Crippen LogP contribution in [0.4, 0.5) is 0 Å². The van der Waals surface area contributed by atoms with Crippen LogP contribution in [-0.4, -0.2) is 27.5 Å². The van der Waals surface area contributed by atoms with Crippen molar-refractivity contribution < 1.29 is 5.11 Å². The number of aromatic nitrogens is 2. The molecule has 0 bridgehead atoms. The molecule has 4 heteroatoms. The molecule has 1 aliphatic carbocycles. The summed E-state index contributed by atoms with van der Waals surface area (Å²) in [6.07, 6.45) is 6.40. The summed E-state index contributed by atoms with van der Waals surface area (Å²) >= 11 is 0. The maximum Gasteiger partial charge on any atom is 0.0584 e. The zero-order valence-electron chi connectivity index (χ0n) is 10.1. The van der Waals surface area contributed by atoms with Gasteiger partial charge in [-0.15, -0.1) is 0 Å². The van der Waals surface area contributed by atoms with Gasteiger partial charge in [-0.3, -0.25) is 4.68 Å². The molecular weight excluding hydrogens is 202 g/mol. The topological polar surface area (TPSA) is 50.1 Å². The Labute approximate surface area is 96.7 Å². The zero-order valence-corrected chi connectivity index (χ0v) is 10.1. The van der Waals surface area contributed by atoms with Gasteiger partial charge in [-0.25, -0.2) is 0 Å². The molecule has 0 radical (unpaired) electrons. The Morgan fingerprint density at radius 2 is 2.50 bits per heavy atom. The first-order chi connectivity index (χ1) is 7.76. The van der Waals surface area contributed by atoms with Crippen LogP contribution in [0, 0.1) is 0 Å². The molecule has 2 unspecified atom stereocenters. The zero-order chi connectivity index (χ0) is 11.5. The van der Waals surface area contributed by atoms with E-state index < -0.39 is 0 Å². The van der Waals surface area contributed by atoms with E-state index in [-0.39, 0.29) is 12.6 Å². The molecule has 1 aromatic rings. The van der Waals surface area contributed by atoms with Crippen LogP contribution in [0.2, 0.25) is 0 Å². The van der Waals surface area contributed by atoms with Crippen LogP contribution in [0.15, 0.2) is 6.20 Å². The molecule has 1 aliphatic rings. The predicted octanol–water partition coefficient (Wildman–Crippen LogP) is 1.16. The molecule has 2 N–H and O–H groups in total. The minimum absolute atomic E-state index is 0.205. The predicted molar refractivity (Wildman–Crippen MR) is 63.2 cm³/mol. The number of nitrogens with one attached hydrogen (secondary N) is 1. The number of aryl methyl sites for hydroxylation is 1. The number of aliphatic hydroxyl groups is 1. The van der Waals surface area contributed by atoms with Crippen molar-refractivity contribution in [2.45, 2.75) is 44.7 Å². The fraction of sp³-hybridized carbons (Fsp3) is 0.750. The van der Waals surface area contributed by atoms with Crippen molar-refractivity contribution in [3.63, 3.8) is 0 Å². The highest BCUT2D eigenvalue weighted by molar-refractivity contribution is 5.24. The number of hydrogen-bond acceptors (Lipinski definition) is 3. The molecule has 2 atom stereocenters. The maximum atomic E-state index is 9.23. The van der Waals surface area contributed by atoms with E-state index in [9.17, 15) is 5.11 Å². The summed E-state index contributed by atoms with van der Waals surface area (Å²) in [5, 5.41) is 17.1. The van der Waals surface area contributed by atoms with Gasteiger partial charge in [-0.05, 0) is 25.7 Å². The average molecular weight is 223 g/mol. The number of fused-ring (bicyclic) bond motifs is 1. The Kier molecular flexibility index (Phi) is 3.61. The highest BCUT2D eigenvalue weighted by Crippen LogP contribution is 2.29. The van der Waals surface area contributed by atoms with Gasteiger partial charge < -0.3 is 10.4 Å². The molecule has 0 fully saturated rings. The summed E-state index contributed by atoms with van der Waals surface area (Å²) in [7, 11) is 2.00. The molecule has 0 aliphatic heterocycles. The highest BCUT2D eigenvalue weighted by atomic mass is 16.3.